The third kappa shape index (κ3) is 4.05. The Bertz CT molecular complexity index is 537. The van der Waals surface area contributed by atoms with Crippen molar-refractivity contribution in [1.82, 2.24) is 10.6 Å². The van der Waals surface area contributed by atoms with Crippen molar-refractivity contribution >= 4 is 17.2 Å². The van der Waals surface area contributed by atoms with E-state index in [-0.39, 0.29) is 11.9 Å². The van der Waals surface area contributed by atoms with E-state index in [0.717, 1.165) is 10.4 Å². The van der Waals surface area contributed by atoms with Crippen molar-refractivity contribution in [3.63, 3.8) is 0 Å². The fourth-order valence-corrected chi connectivity index (χ4v) is 2.72. The third-order valence-electron chi connectivity index (χ3n) is 2.84. The maximum Gasteiger partial charge on any atom is 0.234 e. The molecule has 104 valence electrons. The van der Waals surface area contributed by atoms with Gasteiger partial charge < -0.3 is 10.6 Å². The van der Waals surface area contributed by atoms with Gasteiger partial charge in [-0.2, -0.15) is 0 Å². The van der Waals surface area contributed by atoms with Crippen LogP contribution < -0.4 is 10.6 Å². The van der Waals surface area contributed by atoms with Crippen molar-refractivity contribution in [3.8, 4) is 0 Å². The standard InChI is InChI=1S/C16H18N2OS/c1-2-10-17-12-15(19)18-16(14-9-6-11-20-14)13-7-4-3-5-8-13/h2-9,11,16-17H,1,10,12H2,(H,18,19). The van der Waals surface area contributed by atoms with E-state index in [4.69, 9.17) is 0 Å². The number of carbonyl (C=O) groups is 1. The van der Waals surface area contributed by atoms with E-state index >= 15 is 0 Å². The fourth-order valence-electron chi connectivity index (χ4n) is 1.92. The number of thiophene rings is 1. The first-order valence-electron chi connectivity index (χ1n) is 6.50. The summed E-state index contributed by atoms with van der Waals surface area (Å²) in [6.45, 7) is 4.53. The molecule has 1 atom stereocenters. The number of hydrogen-bond donors (Lipinski definition) is 2. The minimum atomic E-state index is -0.0887. The molecule has 0 radical (unpaired) electrons. The van der Waals surface area contributed by atoms with Gasteiger partial charge in [-0.1, -0.05) is 42.5 Å². The summed E-state index contributed by atoms with van der Waals surface area (Å²) in [4.78, 5) is 13.1. The molecule has 3 nitrogen and oxygen atoms in total. The SMILES string of the molecule is C=CCNCC(=O)NC(c1ccccc1)c1cccs1. The lowest BCUT2D eigenvalue weighted by atomic mass is 10.1. The largest absolute Gasteiger partial charge is 0.343 e. The van der Waals surface area contributed by atoms with Gasteiger partial charge in [-0.25, -0.2) is 0 Å². The maximum atomic E-state index is 12.0. The minimum Gasteiger partial charge on any atom is -0.343 e. The zero-order valence-corrected chi connectivity index (χ0v) is 12.0. The highest BCUT2D eigenvalue weighted by atomic mass is 32.1. The molecule has 1 aromatic heterocycles. The molecule has 1 heterocycles. The van der Waals surface area contributed by atoms with Crippen LogP contribution in [0.5, 0.6) is 0 Å². The number of benzene rings is 1. The van der Waals surface area contributed by atoms with E-state index < -0.39 is 0 Å². The van der Waals surface area contributed by atoms with Gasteiger partial charge in [0.25, 0.3) is 0 Å². The summed E-state index contributed by atoms with van der Waals surface area (Å²) < 4.78 is 0. The van der Waals surface area contributed by atoms with Crippen molar-refractivity contribution in [2.75, 3.05) is 13.1 Å². The average Bonchev–Trinajstić information content (AvgIpc) is 3.00. The van der Waals surface area contributed by atoms with Crippen LogP contribution in [-0.4, -0.2) is 19.0 Å². The van der Waals surface area contributed by atoms with Gasteiger partial charge in [0.2, 0.25) is 5.91 Å². The molecule has 1 unspecified atom stereocenters. The van der Waals surface area contributed by atoms with Crippen LogP contribution in [-0.2, 0) is 4.79 Å². The lowest BCUT2D eigenvalue weighted by Gasteiger charge is -2.18. The van der Waals surface area contributed by atoms with Gasteiger partial charge in [0.1, 0.15) is 0 Å². The van der Waals surface area contributed by atoms with E-state index in [1.54, 1.807) is 17.4 Å². The van der Waals surface area contributed by atoms with Gasteiger partial charge in [-0.15, -0.1) is 17.9 Å². The molecule has 1 amide bonds. The van der Waals surface area contributed by atoms with Crippen LogP contribution in [0.25, 0.3) is 0 Å². The maximum absolute atomic E-state index is 12.0. The van der Waals surface area contributed by atoms with Crippen molar-refractivity contribution in [2.45, 2.75) is 6.04 Å². The number of nitrogens with one attached hydrogen (secondary N) is 2. The summed E-state index contributed by atoms with van der Waals surface area (Å²) in [6, 6.07) is 14.0. The number of hydrogen-bond acceptors (Lipinski definition) is 3. The summed E-state index contributed by atoms with van der Waals surface area (Å²) in [5.74, 6) is -0.0193. The molecule has 0 saturated heterocycles. The van der Waals surface area contributed by atoms with Gasteiger partial charge in [0.15, 0.2) is 0 Å². The van der Waals surface area contributed by atoms with E-state index in [0.29, 0.717) is 13.1 Å². The van der Waals surface area contributed by atoms with E-state index in [1.807, 2.05) is 47.8 Å². The van der Waals surface area contributed by atoms with Crippen LogP contribution in [0.1, 0.15) is 16.5 Å². The average molecular weight is 286 g/mol. The summed E-state index contributed by atoms with van der Waals surface area (Å²) in [5, 5.41) is 8.10. The first-order chi connectivity index (χ1) is 9.81. The van der Waals surface area contributed by atoms with E-state index in [9.17, 15) is 4.79 Å². The molecule has 2 N–H and O–H groups in total. The third-order valence-corrected chi connectivity index (χ3v) is 3.78. The summed E-state index contributed by atoms with van der Waals surface area (Å²) in [5.41, 5.74) is 1.09. The fraction of sp³-hybridized carbons (Fsp3) is 0.188. The van der Waals surface area contributed by atoms with Gasteiger partial charge in [0.05, 0.1) is 12.6 Å². The molecule has 2 rings (SSSR count). The second kappa shape index (κ2) is 7.62. The van der Waals surface area contributed by atoms with Crippen LogP contribution in [0.3, 0.4) is 0 Å². The highest BCUT2D eigenvalue weighted by molar-refractivity contribution is 7.10. The van der Waals surface area contributed by atoms with Crippen LogP contribution in [0.4, 0.5) is 0 Å². The molecule has 2 aromatic rings. The second-order valence-corrected chi connectivity index (χ2v) is 5.33. The van der Waals surface area contributed by atoms with E-state index in [1.165, 1.54) is 0 Å². The molecule has 0 spiro atoms. The Morgan fingerprint density at radius 2 is 2.05 bits per heavy atom. The Kier molecular flexibility index (Phi) is 5.53. The number of rotatable bonds is 7. The Balaban J connectivity index is 2.08. The highest BCUT2D eigenvalue weighted by Gasteiger charge is 2.17. The van der Waals surface area contributed by atoms with Crippen LogP contribution in [0, 0.1) is 0 Å². The quantitative estimate of drug-likeness (QED) is 0.607. The molecule has 0 aliphatic heterocycles. The molecular formula is C16H18N2OS. The van der Waals surface area contributed by atoms with Crippen LogP contribution >= 0.6 is 11.3 Å². The second-order valence-electron chi connectivity index (χ2n) is 4.35. The Morgan fingerprint density at radius 1 is 1.25 bits per heavy atom. The Hall–Kier alpha value is -1.91. The molecular weight excluding hydrogens is 268 g/mol. The number of amides is 1. The molecule has 0 fully saturated rings. The molecule has 0 aliphatic rings. The highest BCUT2D eigenvalue weighted by Crippen LogP contribution is 2.25. The Labute approximate surface area is 123 Å². The van der Waals surface area contributed by atoms with Crippen molar-refractivity contribution in [2.24, 2.45) is 0 Å². The first kappa shape index (κ1) is 14.5. The molecule has 0 aliphatic carbocycles. The lowest BCUT2D eigenvalue weighted by Crippen LogP contribution is -2.36. The van der Waals surface area contributed by atoms with Gasteiger partial charge in [0, 0.05) is 11.4 Å². The van der Waals surface area contributed by atoms with Gasteiger partial charge in [-0.05, 0) is 17.0 Å². The van der Waals surface area contributed by atoms with Gasteiger partial charge in [-0.3, -0.25) is 4.79 Å². The molecule has 0 saturated carbocycles. The van der Waals surface area contributed by atoms with Crippen LogP contribution in [0.15, 0.2) is 60.5 Å². The summed E-state index contributed by atoms with van der Waals surface area (Å²) in [7, 11) is 0. The lowest BCUT2D eigenvalue weighted by molar-refractivity contribution is -0.120. The zero-order chi connectivity index (χ0) is 14.2. The molecule has 1 aromatic carbocycles. The smallest absolute Gasteiger partial charge is 0.234 e. The predicted molar refractivity (Wildman–Crippen MR) is 83.8 cm³/mol. The van der Waals surface area contributed by atoms with Crippen LogP contribution in [0.2, 0.25) is 0 Å². The van der Waals surface area contributed by atoms with E-state index in [2.05, 4.69) is 17.2 Å². The Morgan fingerprint density at radius 3 is 2.70 bits per heavy atom. The topological polar surface area (TPSA) is 41.1 Å². The molecule has 0 bridgehead atoms. The monoisotopic (exact) mass is 286 g/mol. The summed E-state index contributed by atoms with van der Waals surface area (Å²) in [6.07, 6.45) is 1.74. The predicted octanol–water partition coefficient (Wildman–Crippen LogP) is 2.73. The van der Waals surface area contributed by atoms with Gasteiger partial charge >= 0.3 is 0 Å². The first-order valence-corrected chi connectivity index (χ1v) is 7.38. The van der Waals surface area contributed by atoms with Crippen molar-refractivity contribution in [1.29, 1.82) is 0 Å². The normalized spacial score (nSPS) is 11.8. The molecule has 4 heteroatoms. The summed E-state index contributed by atoms with van der Waals surface area (Å²) >= 11 is 1.64. The van der Waals surface area contributed by atoms with Crippen molar-refractivity contribution < 1.29 is 4.79 Å². The zero-order valence-electron chi connectivity index (χ0n) is 11.2. The number of carbonyl (C=O) groups excluding carboxylic acids is 1. The van der Waals surface area contributed by atoms with Crippen molar-refractivity contribution in [3.05, 3.63) is 70.9 Å². The molecule has 20 heavy (non-hydrogen) atoms. The minimum absolute atomic E-state index is 0.0193.